The minimum Gasteiger partial charge on any atom is -0.481 e. The second-order valence-electron chi connectivity index (χ2n) is 9.11. The molecule has 1 atom stereocenters. The van der Waals surface area contributed by atoms with Gasteiger partial charge in [0.05, 0.1) is 5.92 Å². The van der Waals surface area contributed by atoms with Crippen LogP contribution < -0.4 is 5.32 Å². The van der Waals surface area contributed by atoms with Gasteiger partial charge in [0.25, 0.3) is 0 Å². The van der Waals surface area contributed by atoms with Crippen LogP contribution in [-0.4, -0.2) is 30.3 Å². The number of halogens is 1. The molecule has 37 heavy (non-hydrogen) atoms. The van der Waals surface area contributed by atoms with E-state index in [0.717, 1.165) is 38.9 Å². The number of hydrogen-bond acceptors (Lipinski definition) is 3. The molecule has 1 aliphatic carbocycles. The summed E-state index contributed by atoms with van der Waals surface area (Å²) >= 11 is 0. The maximum atomic E-state index is 13.4. The van der Waals surface area contributed by atoms with Crippen molar-refractivity contribution in [3.63, 3.8) is 0 Å². The fourth-order valence-electron chi connectivity index (χ4n) is 4.98. The minimum atomic E-state index is -1.02. The summed E-state index contributed by atoms with van der Waals surface area (Å²) in [5.41, 5.74) is 6.92. The molecule has 0 bridgehead atoms. The van der Waals surface area contributed by atoms with Crippen LogP contribution >= 0.6 is 0 Å². The average molecular weight is 496 g/mol. The lowest BCUT2D eigenvalue weighted by molar-refractivity contribution is -0.141. The number of carboxylic acid groups (broad SMARTS) is 1. The SMILES string of the molecule is O=C(NC[C@H](Cc1ccccc1-c1ccc(F)cc1)C(=O)O)OCC1c2ccccc2-c2ccccc21. The van der Waals surface area contributed by atoms with Crippen molar-refractivity contribution < 1.29 is 23.8 Å². The Morgan fingerprint density at radius 3 is 2.00 bits per heavy atom. The van der Waals surface area contributed by atoms with E-state index in [1.54, 1.807) is 12.1 Å². The van der Waals surface area contributed by atoms with Gasteiger partial charge in [0, 0.05) is 12.5 Å². The lowest BCUT2D eigenvalue weighted by atomic mass is 9.92. The molecule has 1 amide bonds. The zero-order valence-electron chi connectivity index (χ0n) is 20.1. The van der Waals surface area contributed by atoms with E-state index in [0.29, 0.717) is 0 Å². The van der Waals surface area contributed by atoms with Crippen LogP contribution in [-0.2, 0) is 16.0 Å². The molecule has 0 aromatic heterocycles. The van der Waals surface area contributed by atoms with Gasteiger partial charge < -0.3 is 15.2 Å². The first kappa shape index (κ1) is 24.3. The smallest absolute Gasteiger partial charge is 0.407 e. The van der Waals surface area contributed by atoms with Crippen LogP contribution in [0, 0.1) is 11.7 Å². The summed E-state index contributed by atoms with van der Waals surface area (Å²) in [5, 5.41) is 12.5. The van der Waals surface area contributed by atoms with E-state index in [9.17, 15) is 19.1 Å². The maximum Gasteiger partial charge on any atom is 0.407 e. The van der Waals surface area contributed by atoms with Crippen molar-refractivity contribution in [2.45, 2.75) is 12.3 Å². The standard InChI is InChI=1S/C31H26FNO4/c32-23-15-13-20(14-16-23)24-8-2-1-7-21(24)17-22(30(34)35)18-33-31(36)37-19-29-27-11-5-3-9-25(27)26-10-4-6-12-28(26)29/h1-16,22,29H,17-19H2,(H,33,36)(H,34,35)/t22-/m0/s1. The zero-order valence-corrected chi connectivity index (χ0v) is 20.1. The van der Waals surface area contributed by atoms with Crippen LogP contribution in [0.1, 0.15) is 22.6 Å². The molecule has 4 aromatic rings. The summed E-state index contributed by atoms with van der Waals surface area (Å²) < 4.78 is 18.9. The fraction of sp³-hybridized carbons (Fsp3) is 0.161. The molecule has 4 aromatic carbocycles. The van der Waals surface area contributed by atoms with E-state index in [-0.39, 0.29) is 31.3 Å². The number of fused-ring (bicyclic) bond motifs is 3. The predicted molar refractivity (Wildman–Crippen MR) is 140 cm³/mol. The van der Waals surface area contributed by atoms with Gasteiger partial charge >= 0.3 is 12.1 Å². The van der Waals surface area contributed by atoms with Crippen molar-refractivity contribution in [2.75, 3.05) is 13.2 Å². The number of ether oxygens (including phenoxy) is 1. The number of carbonyl (C=O) groups is 2. The second-order valence-corrected chi connectivity index (χ2v) is 9.11. The molecule has 0 fully saturated rings. The lowest BCUT2D eigenvalue weighted by Crippen LogP contribution is -2.35. The number of carbonyl (C=O) groups excluding carboxylic acids is 1. The third-order valence-corrected chi connectivity index (χ3v) is 6.82. The van der Waals surface area contributed by atoms with Crippen LogP contribution in [0.2, 0.25) is 0 Å². The Balaban J connectivity index is 1.23. The van der Waals surface area contributed by atoms with Crippen molar-refractivity contribution >= 4 is 12.1 Å². The molecular formula is C31H26FNO4. The van der Waals surface area contributed by atoms with Crippen molar-refractivity contribution in [1.29, 1.82) is 0 Å². The summed E-state index contributed by atoms with van der Waals surface area (Å²) in [6.45, 7) is 0.0781. The van der Waals surface area contributed by atoms with Gasteiger partial charge in [0.2, 0.25) is 0 Å². The molecule has 0 spiro atoms. The van der Waals surface area contributed by atoms with Crippen molar-refractivity contribution in [2.24, 2.45) is 5.92 Å². The monoisotopic (exact) mass is 495 g/mol. The van der Waals surface area contributed by atoms with E-state index < -0.39 is 18.0 Å². The van der Waals surface area contributed by atoms with Gasteiger partial charge in [-0.25, -0.2) is 9.18 Å². The van der Waals surface area contributed by atoms with Crippen LogP contribution in [0.5, 0.6) is 0 Å². The van der Waals surface area contributed by atoms with Crippen LogP contribution in [0.3, 0.4) is 0 Å². The van der Waals surface area contributed by atoms with Crippen molar-refractivity contribution in [3.05, 3.63) is 120 Å². The van der Waals surface area contributed by atoms with Crippen LogP contribution in [0.25, 0.3) is 22.3 Å². The van der Waals surface area contributed by atoms with Gasteiger partial charge in [-0.1, -0.05) is 84.9 Å². The third kappa shape index (κ3) is 5.23. The summed E-state index contributed by atoms with van der Waals surface area (Å²) in [4.78, 5) is 24.6. The first-order chi connectivity index (χ1) is 18.0. The Hall–Kier alpha value is -4.45. The Morgan fingerprint density at radius 2 is 1.38 bits per heavy atom. The Kier molecular flexibility index (Phi) is 6.99. The van der Waals surface area contributed by atoms with E-state index in [4.69, 9.17) is 4.74 Å². The molecule has 186 valence electrons. The number of carboxylic acids is 1. The predicted octanol–water partition coefficient (Wildman–Crippen LogP) is 6.27. The van der Waals surface area contributed by atoms with Crippen LogP contribution in [0.4, 0.5) is 9.18 Å². The quantitative estimate of drug-likeness (QED) is 0.302. The number of hydrogen-bond donors (Lipinski definition) is 2. The highest BCUT2D eigenvalue weighted by molar-refractivity contribution is 5.79. The summed E-state index contributed by atoms with van der Waals surface area (Å²) in [6, 6.07) is 29.6. The van der Waals surface area contributed by atoms with Crippen molar-refractivity contribution in [1.82, 2.24) is 5.32 Å². The average Bonchev–Trinajstić information content (AvgIpc) is 3.24. The molecule has 0 unspecified atom stereocenters. The highest BCUT2D eigenvalue weighted by Crippen LogP contribution is 2.44. The minimum absolute atomic E-state index is 0.0731. The number of rotatable bonds is 8. The number of amides is 1. The van der Waals surface area contributed by atoms with E-state index in [1.165, 1.54) is 12.1 Å². The molecule has 1 aliphatic rings. The zero-order chi connectivity index (χ0) is 25.8. The molecule has 2 N–H and O–H groups in total. The molecule has 0 radical (unpaired) electrons. The topological polar surface area (TPSA) is 75.6 Å². The first-order valence-corrected chi connectivity index (χ1v) is 12.2. The maximum absolute atomic E-state index is 13.4. The normalized spacial score (nSPS) is 12.9. The molecule has 6 heteroatoms. The van der Waals surface area contributed by atoms with Gasteiger partial charge in [0.15, 0.2) is 0 Å². The Labute approximate surface area is 214 Å². The Morgan fingerprint density at radius 1 is 0.811 bits per heavy atom. The highest BCUT2D eigenvalue weighted by Gasteiger charge is 2.29. The molecule has 0 saturated heterocycles. The first-order valence-electron chi connectivity index (χ1n) is 12.2. The molecule has 0 saturated carbocycles. The highest BCUT2D eigenvalue weighted by atomic mass is 19.1. The number of alkyl carbamates (subject to hydrolysis) is 1. The second kappa shape index (κ2) is 10.7. The van der Waals surface area contributed by atoms with Gasteiger partial charge in [-0.15, -0.1) is 0 Å². The molecule has 5 nitrogen and oxygen atoms in total. The molecule has 0 heterocycles. The third-order valence-electron chi connectivity index (χ3n) is 6.82. The van der Waals surface area contributed by atoms with E-state index in [1.807, 2.05) is 60.7 Å². The summed E-state index contributed by atoms with van der Waals surface area (Å²) in [5.74, 6) is -2.29. The van der Waals surface area contributed by atoms with Gasteiger partial charge in [-0.3, -0.25) is 4.79 Å². The van der Waals surface area contributed by atoms with E-state index >= 15 is 0 Å². The summed E-state index contributed by atoms with van der Waals surface area (Å²) in [6.07, 6.45) is -0.452. The number of aliphatic carboxylic acids is 1. The number of nitrogens with one attached hydrogen (secondary N) is 1. The largest absolute Gasteiger partial charge is 0.481 e. The number of benzene rings is 4. The molecular weight excluding hydrogens is 469 g/mol. The van der Waals surface area contributed by atoms with Gasteiger partial charge in [-0.05, 0) is 57.5 Å². The van der Waals surface area contributed by atoms with Crippen molar-refractivity contribution in [3.8, 4) is 22.3 Å². The van der Waals surface area contributed by atoms with Gasteiger partial charge in [-0.2, -0.15) is 0 Å². The van der Waals surface area contributed by atoms with Crippen LogP contribution in [0.15, 0.2) is 97.1 Å². The molecule has 5 rings (SSSR count). The fourth-order valence-corrected chi connectivity index (χ4v) is 4.98. The summed E-state index contributed by atoms with van der Waals surface area (Å²) in [7, 11) is 0. The van der Waals surface area contributed by atoms with Gasteiger partial charge in [0.1, 0.15) is 12.4 Å². The lowest BCUT2D eigenvalue weighted by Gasteiger charge is -2.18. The molecule has 0 aliphatic heterocycles. The van der Waals surface area contributed by atoms with E-state index in [2.05, 4.69) is 17.4 Å². The Bertz CT molecular complexity index is 1390.